The summed E-state index contributed by atoms with van der Waals surface area (Å²) in [5.74, 6) is 0.298. The first kappa shape index (κ1) is 16.8. The van der Waals surface area contributed by atoms with Crippen molar-refractivity contribution in [2.24, 2.45) is 0 Å². The second kappa shape index (κ2) is 9.48. The smallest absolute Gasteiger partial charge is 0.339 e. The van der Waals surface area contributed by atoms with E-state index >= 15 is 0 Å². The lowest BCUT2D eigenvalue weighted by atomic mass is 10.2. The second-order valence-corrected chi connectivity index (χ2v) is 4.91. The molecule has 0 fully saturated rings. The van der Waals surface area contributed by atoms with Crippen molar-refractivity contribution < 1.29 is 19.4 Å². The molecule has 0 aliphatic heterocycles. The van der Waals surface area contributed by atoms with Gasteiger partial charge in [0.15, 0.2) is 0 Å². The standard InChI is InChI=1S/C18H21NO4/c20-18(21)16-9-4-5-10-17(16)23-13-6-11-19-12-14-22-15-7-2-1-3-8-15/h1-5,7-10,19H,6,11-14H2,(H,20,21). The molecule has 0 aromatic heterocycles. The third kappa shape index (κ3) is 6.00. The molecule has 2 aromatic rings. The number of para-hydroxylation sites is 2. The van der Waals surface area contributed by atoms with Gasteiger partial charge in [-0.05, 0) is 37.2 Å². The third-order valence-corrected chi connectivity index (χ3v) is 3.16. The predicted molar refractivity (Wildman–Crippen MR) is 88.3 cm³/mol. The van der Waals surface area contributed by atoms with E-state index in [9.17, 15) is 4.79 Å². The topological polar surface area (TPSA) is 67.8 Å². The fourth-order valence-corrected chi connectivity index (χ4v) is 2.03. The van der Waals surface area contributed by atoms with Gasteiger partial charge < -0.3 is 19.9 Å². The highest BCUT2D eigenvalue weighted by Crippen LogP contribution is 2.17. The molecule has 0 saturated heterocycles. The molecular formula is C18H21NO4. The Morgan fingerprint density at radius 3 is 2.43 bits per heavy atom. The van der Waals surface area contributed by atoms with Gasteiger partial charge in [0.2, 0.25) is 0 Å². The Labute approximate surface area is 135 Å². The van der Waals surface area contributed by atoms with E-state index < -0.39 is 5.97 Å². The molecule has 23 heavy (non-hydrogen) atoms. The van der Waals surface area contributed by atoms with Crippen LogP contribution in [0.15, 0.2) is 54.6 Å². The van der Waals surface area contributed by atoms with E-state index in [1.807, 2.05) is 30.3 Å². The van der Waals surface area contributed by atoms with Gasteiger partial charge in [-0.25, -0.2) is 4.79 Å². The van der Waals surface area contributed by atoms with Crippen LogP contribution in [0.1, 0.15) is 16.8 Å². The molecule has 0 atom stereocenters. The van der Waals surface area contributed by atoms with Crippen molar-refractivity contribution in [3.05, 3.63) is 60.2 Å². The average Bonchev–Trinajstić information content (AvgIpc) is 2.58. The van der Waals surface area contributed by atoms with Crippen molar-refractivity contribution in [1.82, 2.24) is 5.32 Å². The molecule has 5 heteroatoms. The van der Waals surface area contributed by atoms with E-state index in [4.69, 9.17) is 14.6 Å². The highest BCUT2D eigenvalue weighted by Gasteiger charge is 2.09. The van der Waals surface area contributed by atoms with Gasteiger partial charge in [-0.3, -0.25) is 0 Å². The van der Waals surface area contributed by atoms with Crippen LogP contribution in [0.5, 0.6) is 11.5 Å². The Balaban J connectivity index is 1.55. The second-order valence-electron chi connectivity index (χ2n) is 4.91. The Bertz CT molecular complexity index is 601. The molecule has 0 heterocycles. The van der Waals surface area contributed by atoms with Crippen LogP contribution in [0.3, 0.4) is 0 Å². The molecule has 0 bridgehead atoms. The molecule has 0 saturated carbocycles. The molecule has 2 rings (SSSR count). The number of hydrogen-bond donors (Lipinski definition) is 2. The van der Waals surface area contributed by atoms with Gasteiger partial charge in [0.25, 0.3) is 0 Å². The van der Waals surface area contributed by atoms with Crippen LogP contribution in [-0.4, -0.2) is 37.4 Å². The van der Waals surface area contributed by atoms with Crippen LogP contribution in [0, 0.1) is 0 Å². The summed E-state index contributed by atoms with van der Waals surface area (Å²) in [6.45, 7) is 2.61. The molecule has 122 valence electrons. The monoisotopic (exact) mass is 315 g/mol. The molecule has 0 aliphatic rings. The number of aromatic carboxylic acids is 1. The quantitative estimate of drug-likeness (QED) is 0.660. The van der Waals surface area contributed by atoms with Gasteiger partial charge in [0, 0.05) is 6.54 Å². The molecule has 2 aromatic carbocycles. The summed E-state index contributed by atoms with van der Waals surface area (Å²) in [5.41, 5.74) is 0.191. The lowest BCUT2D eigenvalue weighted by Crippen LogP contribution is -2.23. The third-order valence-electron chi connectivity index (χ3n) is 3.16. The molecule has 0 aliphatic carbocycles. The molecule has 2 N–H and O–H groups in total. The summed E-state index contributed by atoms with van der Waals surface area (Å²) in [6.07, 6.45) is 0.791. The fraction of sp³-hybridized carbons (Fsp3) is 0.278. The molecule has 0 amide bonds. The van der Waals surface area contributed by atoms with Crippen molar-refractivity contribution in [3.8, 4) is 11.5 Å². The Morgan fingerprint density at radius 2 is 1.65 bits per heavy atom. The number of nitrogens with one attached hydrogen (secondary N) is 1. The van der Waals surface area contributed by atoms with Crippen molar-refractivity contribution >= 4 is 5.97 Å². The number of ether oxygens (including phenoxy) is 2. The van der Waals surface area contributed by atoms with Crippen LogP contribution in [0.2, 0.25) is 0 Å². The zero-order chi connectivity index (χ0) is 16.3. The van der Waals surface area contributed by atoms with Crippen molar-refractivity contribution in [1.29, 1.82) is 0 Å². The highest BCUT2D eigenvalue weighted by molar-refractivity contribution is 5.90. The SMILES string of the molecule is O=C(O)c1ccccc1OCCCNCCOc1ccccc1. The van der Waals surface area contributed by atoms with Gasteiger partial charge in [0.1, 0.15) is 23.7 Å². The van der Waals surface area contributed by atoms with Gasteiger partial charge in [-0.2, -0.15) is 0 Å². The first-order valence-electron chi connectivity index (χ1n) is 7.61. The number of carbonyl (C=O) groups is 1. The van der Waals surface area contributed by atoms with E-state index in [1.54, 1.807) is 18.2 Å². The molecule has 5 nitrogen and oxygen atoms in total. The lowest BCUT2D eigenvalue weighted by Gasteiger charge is -2.10. The minimum Gasteiger partial charge on any atom is -0.493 e. The number of carboxylic acid groups (broad SMARTS) is 1. The summed E-state index contributed by atoms with van der Waals surface area (Å²) in [6, 6.07) is 16.3. The van der Waals surface area contributed by atoms with Crippen LogP contribution in [0.25, 0.3) is 0 Å². The average molecular weight is 315 g/mol. The first-order valence-corrected chi connectivity index (χ1v) is 7.61. The number of benzene rings is 2. The molecule has 0 radical (unpaired) electrons. The van der Waals surface area contributed by atoms with Crippen molar-refractivity contribution in [2.45, 2.75) is 6.42 Å². The summed E-state index contributed by atoms with van der Waals surface area (Å²) < 4.78 is 11.1. The van der Waals surface area contributed by atoms with Gasteiger partial charge in [0.05, 0.1) is 6.61 Å². The first-order chi connectivity index (χ1) is 11.3. The van der Waals surface area contributed by atoms with Crippen LogP contribution >= 0.6 is 0 Å². The van der Waals surface area contributed by atoms with Crippen LogP contribution < -0.4 is 14.8 Å². The Morgan fingerprint density at radius 1 is 0.913 bits per heavy atom. The lowest BCUT2D eigenvalue weighted by molar-refractivity contribution is 0.0692. The largest absolute Gasteiger partial charge is 0.493 e. The predicted octanol–water partition coefficient (Wildman–Crippen LogP) is 2.82. The summed E-state index contributed by atoms with van der Waals surface area (Å²) in [7, 11) is 0. The van der Waals surface area contributed by atoms with Crippen molar-refractivity contribution in [2.75, 3.05) is 26.3 Å². The molecule has 0 spiro atoms. The Hall–Kier alpha value is -2.53. The Kier molecular flexibility index (Phi) is 6.94. The number of hydrogen-bond acceptors (Lipinski definition) is 4. The van der Waals surface area contributed by atoms with E-state index in [1.165, 1.54) is 6.07 Å². The van der Waals surface area contributed by atoms with E-state index in [0.29, 0.717) is 19.0 Å². The van der Waals surface area contributed by atoms with E-state index in [0.717, 1.165) is 25.3 Å². The maximum atomic E-state index is 11.0. The van der Waals surface area contributed by atoms with Gasteiger partial charge in [-0.1, -0.05) is 30.3 Å². The normalized spacial score (nSPS) is 10.3. The summed E-state index contributed by atoms with van der Waals surface area (Å²) >= 11 is 0. The number of rotatable bonds is 10. The van der Waals surface area contributed by atoms with E-state index in [-0.39, 0.29) is 5.56 Å². The van der Waals surface area contributed by atoms with Crippen LogP contribution in [0.4, 0.5) is 0 Å². The van der Waals surface area contributed by atoms with Crippen molar-refractivity contribution in [3.63, 3.8) is 0 Å². The minimum absolute atomic E-state index is 0.191. The van der Waals surface area contributed by atoms with Gasteiger partial charge in [-0.15, -0.1) is 0 Å². The zero-order valence-electron chi connectivity index (χ0n) is 12.9. The summed E-state index contributed by atoms with van der Waals surface area (Å²) in [5, 5.41) is 12.3. The highest BCUT2D eigenvalue weighted by atomic mass is 16.5. The fourth-order valence-electron chi connectivity index (χ4n) is 2.03. The molecule has 0 unspecified atom stereocenters. The van der Waals surface area contributed by atoms with E-state index in [2.05, 4.69) is 5.32 Å². The maximum absolute atomic E-state index is 11.0. The number of carboxylic acids is 1. The van der Waals surface area contributed by atoms with Crippen LogP contribution in [-0.2, 0) is 0 Å². The zero-order valence-corrected chi connectivity index (χ0v) is 12.9. The molecular weight excluding hydrogens is 294 g/mol. The van der Waals surface area contributed by atoms with Gasteiger partial charge >= 0.3 is 5.97 Å². The summed E-state index contributed by atoms with van der Waals surface area (Å²) in [4.78, 5) is 11.0. The minimum atomic E-state index is -0.975. The maximum Gasteiger partial charge on any atom is 0.339 e.